The standard InChI is InChI=1S/C7H4Cl2N4O/c1-3(14)4(2-10)5-11-6(8)13-7(9)12-5/h4H,1H3. The number of carbonyl (C=O) groups is 1. The van der Waals surface area contributed by atoms with Crippen LogP contribution in [0.15, 0.2) is 0 Å². The maximum atomic E-state index is 11.0. The van der Waals surface area contributed by atoms with Crippen LogP contribution >= 0.6 is 23.2 Å². The van der Waals surface area contributed by atoms with Gasteiger partial charge in [-0.25, -0.2) is 9.97 Å². The molecule has 0 aliphatic rings. The van der Waals surface area contributed by atoms with Crippen LogP contribution in [0.5, 0.6) is 0 Å². The van der Waals surface area contributed by atoms with Gasteiger partial charge in [0, 0.05) is 0 Å². The van der Waals surface area contributed by atoms with Gasteiger partial charge in [0.05, 0.1) is 6.07 Å². The molecule has 1 unspecified atom stereocenters. The number of hydrogen-bond donors (Lipinski definition) is 0. The fourth-order valence-corrected chi connectivity index (χ4v) is 1.18. The Hall–Kier alpha value is -1.25. The molecule has 1 rings (SSSR count). The van der Waals surface area contributed by atoms with Crippen molar-refractivity contribution in [3.8, 4) is 6.07 Å². The quantitative estimate of drug-likeness (QED) is 0.767. The van der Waals surface area contributed by atoms with Crippen molar-refractivity contribution >= 4 is 29.0 Å². The van der Waals surface area contributed by atoms with E-state index in [1.807, 2.05) is 0 Å². The smallest absolute Gasteiger partial charge is 0.226 e. The third kappa shape index (κ3) is 2.37. The topological polar surface area (TPSA) is 79.5 Å². The number of rotatable bonds is 2. The summed E-state index contributed by atoms with van der Waals surface area (Å²) >= 11 is 11.0. The molecule has 0 aromatic carbocycles. The second-order valence-electron chi connectivity index (χ2n) is 2.40. The first-order valence-electron chi connectivity index (χ1n) is 3.51. The van der Waals surface area contributed by atoms with E-state index in [-0.39, 0.29) is 22.2 Å². The number of Topliss-reactive ketones (excluding diaryl/α,β-unsaturated/α-hetero) is 1. The van der Waals surface area contributed by atoms with Gasteiger partial charge in [0.15, 0.2) is 17.5 Å². The molecule has 7 heteroatoms. The Morgan fingerprint density at radius 3 is 2.21 bits per heavy atom. The predicted molar refractivity (Wildman–Crippen MR) is 48.9 cm³/mol. The molecule has 0 radical (unpaired) electrons. The molecule has 14 heavy (non-hydrogen) atoms. The third-order valence-electron chi connectivity index (χ3n) is 1.39. The first kappa shape index (κ1) is 10.8. The Morgan fingerprint density at radius 1 is 1.36 bits per heavy atom. The van der Waals surface area contributed by atoms with E-state index in [4.69, 9.17) is 28.5 Å². The molecule has 1 heterocycles. The van der Waals surface area contributed by atoms with Crippen molar-refractivity contribution in [2.75, 3.05) is 0 Å². The summed E-state index contributed by atoms with van der Waals surface area (Å²) in [7, 11) is 0. The summed E-state index contributed by atoms with van der Waals surface area (Å²) in [5.41, 5.74) is 0. The first-order valence-corrected chi connectivity index (χ1v) is 4.27. The lowest BCUT2D eigenvalue weighted by Gasteiger charge is -2.02. The summed E-state index contributed by atoms with van der Waals surface area (Å²) in [6.45, 7) is 1.26. The molecule has 0 N–H and O–H groups in total. The van der Waals surface area contributed by atoms with E-state index in [9.17, 15) is 4.79 Å². The van der Waals surface area contributed by atoms with E-state index < -0.39 is 5.92 Å². The van der Waals surface area contributed by atoms with Gasteiger partial charge < -0.3 is 0 Å². The van der Waals surface area contributed by atoms with Crippen molar-refractivity contribution in [3.63, 3.8) is 0 Å². The molecule has 5 nitrogen and oxygen atoms in total. The summed E-state index contributed by atoms with van der Waals surface area (Å²) in [5, 5.41) is 8.40. The number of halogens is 2. The van der Waals surface area contributed by atoms with Crippen molar-refractivity contribution < 1.29 is 4.79 Å². The van der Waals surface area contributed by atoms with E-state index >= 15 is 0 Å². The van der Waals surface area contributed by atoms with Gasteiger partial charge in [-0.2, -0.15) is 10.2 Å². The van der Waals surface area contributed by atoms with Gasteiger partial charge in [-0.15, -0.1) is 0 Å². The van der Waals surface area contributed by atoms with E-state index in [2.05, 4.69) is 15.0 Å². The fourth-order valence-electron chi connectivity index (χ4n) is 0.800. The maximum Gasteiger partial charge on any atom is 0.226 e. The zero-order chi connectivity index (χ0) is 10.7. The van der Waals surface area contributed by atoms with Crippen molar-refractivity contribution in [3.05, 3.63) is 16.4 Å². The van der Waals surface area contributed by atoms with Crippen LogP contribution < -0.4 is 0 Å². The number of hydrogen-bond acceptors (Lipinski definition) is 5. The summed E-state index contributed by atoms with van der Waals surface area (Å²) in [6.07, 6.45) is 0. The molecule has 0 aliphatic carbocycles. The Balaban J connectivity index is 3.18. The molecule has 72 valence electrons. The zero-order valence-corrected chi connectivity index (χ0v) is 8.54. The van der Waals surface area contributed by atoms with E-state index in [1.165, 1.54) is 6.92 Å². The van der Waals surface area contributed by atoms with Gasteiger partial charge in [-0.1, -0.05) is 0 Å². The lowest BCUT2D eigenvalue weighted by atomic mass is 10.1. The number of nitrogens with zero attached hydrogens (tertiary/aromatic N) is 4. The van der Waals surface area contributed by atoms with Gasteiger partial charge in [0.1, 0.15) is 0 Å². The maximum absolute atomic E-state index is 11.0. The Bertz CT molecular complexity index is 394. The zero-order valence-electron chi connectivity index (χ0n) is 7.03. The summed E-state index contributed by atoms with van der Waals surface area (Å²) in [6, 6.07) is 1.75. The molecule has 0 aliphatic heterocycles. The summed E-state index contributed by atoms with van der Waals surface area (Å²) < 4.78 is 0. The second kappa shape index (κ2) is 4.31. The highest BCUT2D eigenvalue weighted by Crippen LogP contribution is 2.15. The predicted octanol–water partition coefficient (Wildman–Crippen LogP) is 1.37. The molecule has 0 amide bonds. The molecular weight excluding hydrogens is 227 g/mol. The number of aromatic nitrogens is 3. The number of carbonyl (C=O) groups excluding carboxylic acids is 1. The van der Waals surface area contributed by atoms with Crippen LogP contribution in [0.1, 0.15) is 18.7 Å². The highest BCUT2D eigenvalue weighted by molar-refractivity contribution is 6.31. The van der Waals surface area contributed by atoms with Crippen LogP contribution in [0.3, 0.4) is 0 Å². The molecule has 0 spiro atoms. The molecule has 0 fully saturated rings. The average Bonchev–Trinajstić information content (AvgIpc) is 2.02. The molecule has 0 saturated heterocycles. The monoisotopic (exact) mass is 230 g/mol. The van der Waals surface area contributed by atoms with Gasteiger partial charge in [0.2, 0.25) is 10.6 Å². The molecule has 0 saturated carbocycles. The molecule has 0 bridgehead atoms. The van der Waals surface area contributed by atoms with E-state index in [1.54, 1.807) is 6.07 Å². The minimum Gasteiger partial charge on any atom is -0.298 e. The van der Waals surface area contributed by atoms with Gasteiger partial charge in [0.25, 0.3) is 0 Å². The third-order valence-corrected chi connectivity index (χ3v) is 1.73. The normalized spacial score (nSPS) is 11.9. The lowest BCUT2D eigenvalue weighted by Crippen LogP contribution is -2.11. The highest BCUT2D eigenvalue weighted by Gasteiger charge is 2.20. The Kier molecular flexibility index (Phi) is 3.33. The highest BCUT2D eigenvalue weighted by atomic mass is 35.5. The SMILES string of the molecule is CC(=O)C(C#N)c1nc(Cl)nc(Cl)n1. The molecule has 1 aromatic heterocycles. The van der Waals surface area contributed by atoms with E-state index in [0.717, 1.165) is 0 Å². The van der Waals surface area contributed by atoms with Crippen molar-refractivity contribution in [2.45, 2.75) is 12.8 Å². The minimum atomic E-state index is -1.05. The Labute approximate surface area is 89.7 Å². The number of nitriles is 1. The summed E-state index contributed by atoms with van der Waals surface area (Å²) in [5.74, 6) is -1.44. The van der Waals surface area contributed by atoms with Crippen LogP contribution in [0.25, 0.3) is 0 Å². The molecule has 1 atom stereocenters. The first-order chi connectivity index (χ1) is 6.54. The van der Waals surface area contributed by atoms with E-state index in [0.29, 0.717) is 0 Å². The van der Waals surface area contributed by atoms with Gasteiger partial charge in [-0.05, 0) is 30.1 Å². The van der Waals surface area contributed by atoms with Crippen LogP contribution in [0.4, 0.5) is 0 Å². The largest absolute Gasteiger partial charge is 0.298 e. The van der Waals surface area contributed by atoms with Gasteiger partial charge in [-0.3, -0.25) is 4.79 Å². The molecule has 1 aromatic rings. The van der Waals surface area contributed by atoms with Crippen molar-refractivity contribution in [1.29, 1.82) is 5.26 Å². The Morgan fingerprint density at radius 2 is 1.86 bits per heavy atom. The van der Waals surface area contributed by atoms with Crippen molar-refractivity contribution in [2.24, 2.45) is 0 Å². The van der Waals surface area contributed by atoms with Crippen molar-refractivity contribution in [1.82, 2.24) is 15.0 Å². The lowest BCUT2D eigenvalue weighted by molar-refractivity contribution is -0.117. The number of ketones is 1. The fraction of sp³-hybridized carbons (Fsp3) is 0.286. The average molecular weight is 231 g/mol. The van der Waals surface area contributed by atoms with Crippen LogP contribution in [-0.2, 0) is 4.79 Å². The van der Waals surface area contributed by atoms with Crippen LogP contribution in [0.2, 0.25) is 10.6 Å². The summed E-state index contributed by atoms with van der Waals surface area (Å²) in [4.78, 5) is 21.8. The minimum absolute atomic E-state index is 0.0231. The van der Waals surface area contributed by atoms with Crippen LogP contribution in [0, 0.1) is 11.3 Å². The molecular formula is C7H4Cl2N4O. The van der Waals surface area contributed by atoms with Gasteiger partial charge >= 0.3 is 0 Å². The second-order valence-corrected chi connectivity index (χ2v) is 3.08. The van der Waals surface area contributed by atoms with Crippen LogP contribution in [-0.4, -0.2) is 20.7 Å².